The van der Waals surface area contributed by atoms with Crippen molar-refractivity contribution in [2.75, 3.05) is 5.32 Å². The Bertz CT molecular complexity index is 560. The molecule has 0 bridgehead atoms. The summed E-state index contributed by atoms with van der Waals surface area (Å²) < 4.78 is 1.72. The minimum Gasteiger partial charge on any atom is -0.326 e. The number of rotatable bonds is 3. The van der Waals surface area contributed by atoms with E-state index >= 15 is 0 Å². The van der Waals surface area contributed by atoms with Gasteiger partial charge in [-0.15, -0.1) is 0 Å². The molecule has 2 rings (SSSR count). The quantitative estimate of drug-likeness (QED) is 0.925. The van der Waals surface area contributed by atoms with Crippen LogP contribution in [0.4, 0.5) is 5.69 Å². The predicted molar refractivity (Wildman–Crippen MR) is 71.7 cm³/mol. The Kier molecular flexibility index (Phi) is 3.67. The number of anilines is 1. The molecule has 1 N–H and O–H groups in total. The highest BCUT2D eigenvalue weighted by molar-refractivity contribution is 6.30. The second kappa shape index (κ2) is 5.23. The maximum absolute atomic E-state index is 11.8. The van der Waals surface area contributed by atoms with Gasteiger partial charge in [-0.1, -0.05) is 11.6 Å². The van der Waals surface area contributed by atoms with E-state index in [2.05, 4.69) is 10.4 Å². The molecule has 0 aliphatic carbocycles. The third-order valence-electron chi connectivity index (χ3n) is 2.57. The van der Waals surface area contributed by atoms with E-state index < -0.39 is 0 Å². The highest BCUT2D eigenvalue weighted by Gasteiger charge is 2.08. The number of aryl methyl sites for hydroxylation is 2. The minimum absolute atomic E-state index is 0.0691. The number of amides is 1. The van der Waals surface area contributed by atoms with Crippen LogP contribution in [0.1, 0.15) is 11.4 Å². The van der Waals surface area contributed by atoms with Crippen LogP contribution in [0.15, 0.2) is 30.3 Å². The van der Waals surface area contributed by atoms with Crippen molar-refractivity contribution in [2.45, 2.75) is 13.3 Å². The molecule has 0 unspecified atom stereocenters. The first-order valence-corrected chi connectivity index (χ1v) is 5.97. The summed E-state index contributed by atoms with van der Waals surface area (Å²) in [6.45, 7) is 1.90. The molecular formula is C13H14ClN3O. The molecule has 1 amide bonds. The molecule has 0 fully saturated rings. The summed E-state index contributed by atoms with van der Waals surface area (Å²) in [5, 5.41) is 7.67. The van der Waals surface area contributed by atoms with Crippen molar-refractivity contribution in [2.24, 2.45) is 7.05 Å². The SMILES string of the molecule is Cc1cc(CC(=O)Nc2ccc(Cl)cc2)n(C)n1. The topological polar surface area (TPSA) is 46.9 Å². The summed E-state index contributed by atoms with van der Waals surface area (Å²) in [4.78, 5) is 11.8. The first-order valence-electron chi connectivity index (χ1n) is 5.59. The van der Waals surface area contributed by atoms with Crippen LogP contribution < -0.4 is 5.32 Å². The zero-order valence-corrected chi connectivity index (χ0v) is 11.0. The Balaban J connectivity index is 2.01. The van der Waals surface area contributed by atoms with E-state index in [-0.39, 0.29) is 5.91 Å². The number of carbonyl (C=O) groups is 1. The van der Waals surface area contributed by atoms with E-state index in [1.165, 1.54) is 0 Å². The van der Waals surface area contributed by atoms with Gasteiger partial charge in [-0.25, -0.2) is 0 Å². The molecule has 4 nitrogen and oxygen atoms in total. The maximum atomic E-state index is 11.8. The lowest BCUT2D eigenvalue weighted by atomic mass is 10.2. The smallest absolute Gasteiger partial charge is 0.230 e. The van der Waals surface area contributed by atoms with Gasteiger partial charge in [0.2, 0.25) is 5.91 Å². The van der Waals surface area contributed by atoms with Crippen LogP contribution in [0.2, 0.25) is 5.02 Å². The number of hydrogen-bond acceptors (Lipinski definition) is 2. The van der Waals surface area contributed by atoms with Crippen LogP contribution in [0.3, 0.4) is 0 Å². The van der Waals surface area contributed by atoms with Crippen LogP contribution in [0, 0.1) is 6.92 Å². The van der Waals surface area contributed by atoms with Gasteiger partial charge in [-0.05, 0) is 37.3 Å². The van der Waals surface area contributed by atoms with E-state index in [1.54, 1.807) is 28.9 Å². The van der Waals surface area contributed by atoms with Crippen molar-refractivity contribution in [1.82, 2.24) is 9.78 Å². The summed E-state index contributed by atoms with van der Waals surface area (Å²) in [5.41, 5.74) is 2.54. The Hall–Kier alpha value is -1.81. The molecule has 0 saturated carbocycles. The average Bonchev–Trinajstić information content (AvgIpc) is 2.61. The molecule has 2 aromatic rings. The van der Waals surface area contributed by atoms with Gasteiger partial charge < -0.3 is 5.32 Å². The normalized spacial score (nSPS) is 10.4. The highest BCUT2D eigenvalue weighted by atomic mass is 35.5. The van der Waals surface area contributed by atoms with Crippen molar-refractivity contribution in [3.8, 4) is 0 Å². The number of nitrogens with zero attached hydrogens (tertiary/aromatic N) is 2. The van der Waals surface area contributed by atoms with Crippen LogP contribution in [0.25, 0.3) is 0 Å². The van der Waals surface area contributed by atoms with Crippen LogP contribution >= 0.6 is 11.6 Å². The van der Waals surface area contributed by atoms with E-state index in [1.807, 2.05) is 20.0 Å². The van der Waals surface area contributed by atoms with Gasteiger partial charge in [0, 0.05) is 23.5 Å². The number of carbonyl (C=O) groups excluding carboxylic acids is 1. The fourth-order valence-corrected chi connectivity index (χ4v) is 1.86. The average molecular weight is 264 g/mol. The number of hydrogen-bond donors (Lipinski definition) is 1. The second-order valence-electron chi connectivity index (χ2n) is 4.13. The van der Waals surface area contributed by atoms with Crippen molar-refractivity contribution in [3.05, 3.63) is 46.7 Å². The fourth-order valence-electron chi connectivity index (χ4n) is 1.73. The maximum Gasteiger partial charge on any atom is 0.230 e. The molecule has 0 aliphatic heterocycles. The number of halogens is 1. The Morgan fingerprint density at radius 2 is 2.06 bits per heavy atom. The molecule has 0 atom stereocenters. The minimum atomic E-state index is -0.0691. The van der Waals surface area contributed by atoms with E-state index in [4.69, 9.17) is 11.6 Å². The molecule has 0 radical (unpaired) electrons. The Labute approximate surface area is 111 Å². The largest absolute Gasteiger partial charge is 0.326 e. The first kappa shape index (κ1) is 12.6. The van der Waals surface area contributed by atoms with E-state index in [0.717, 1.165) is 17.1 Å². The number of aromatic nitrogens is 2. The lowest BCUT2D eigenvalue weighted by Gasteiger charge is -2.05. The number of benzene rings is 1. The second-order valence-corrected chi connectivity index (χ2v) is 4.57. The van der Waals surface area contributed by atoms with Gasteiger partial charge in [0.15, 0.2) is 0 Å². The lowest BCUT2D eigenvalue weighted by Crippen LogP contribution is -2.16. The summed E-state index contributed by atoms with van der Waals surface area (Å²) in [7, 11) is 1.83. The predicted octanol–water partition coefficient (Wildman–Crippen LogP) is 2.56. The van der Waals surface area contributed by atoms with Gasteiger partial charge in [0.1, 0.15) is 0 Å². The molecule has 5 heteroatoms. The standard InChI is InChI=1S/C13H14ClN3O/c1-9-7-12(17(2)16-9)8-13(18)15-11-5-3-10(14)4-6-11/h3-7H,8H2,1-2H3,(H,15,18). The molecule has 18 heavy (non-hydrogen) atoms. The van der Waals surface area contributed by atoms with Crippen LogP contribution in [-0.2, 0) is 18.3 Å². The van der Waals surface area contributed by atoms with Gasteiger partial charge in [-0.3, -0.25) is 9.48 Å². The molecule has 0 spiro atoms. The summed E-state index contributed by atoms with van der Waals surface area (Å²) in [6, 6.07) is 8.93. The Morgan fingerprint density at radius 1 is 1.39 bits per heavy atom. The molecular weight excluding hydrogens is 250 g/mol. The molecule has 1 aromatic carbocycles. The summed E-state index contributed by atoms with van der Waals surface area (Å²) in [6.07, 6.45) is 0.306. The number of nitrogens with one attached hydrogen (secondary N) is 1. The Morgan fingerprint density at radius 3 is 2.61 bits per heavy atom. The zero-order valence-electron chi connectivity index (χ0n) is 10.3. The highest BCUT2D eigenvalue weighted by Crippen LogP contribution is 2.13. The molecule has 1 heterocycles. The third-order valence-corrected chi connectivity index (χ3v) is 2.82. The summed E-state index contributed by atoms with van der Waals surface area (Å²) in [5.74, 6) is -0.0691. The summed E-state index contributed by atoms with van der Waals surface area (Å²) >= 11 is 5.78. The molecule has 94 valence electrons. The van der Waals surface area contributed by atoms with Crippen molar-refractivity contribution < 1.29 is 4.79 Å². The lowest BCUT2D eigenvalue weighted by molar-refractivity contribution is -0.115. The van der Waals surface area contributed by atoms with Crippen LogP contribution in [0.5, 0.6) is 0 Å². The van der Waals surface area contributed by atoms with E-state index in [9.17, 15) is 4.79 Å². The monoisotopic (exact) mass is 263 g/mol. The van der Waals surface area contributed by atoms with Crippen LogP contribution in [-0.4, -0.2) is 15.7 Å². The van der Waals surface area contributed by atoms with Gasteiger partial charge in [-0.2, -0.15) is 5.10 Å². The van der Waals surface area contributed by atoms with Gasteiger partial charge in [0.05, 0.1) is 12.1 Å². The van der Waals surface area contributed by atoms with E-state index in [0.29, 0.717) is 11.4 Å². The third kappa shape index (κ3) is 3.11. The first-order chi connectivity index (χ1) is 8.54. The van der Waals surface area contributed by atoms with Crippen molar-refractivity contribution in [3.63, 3.8) is 0 Å². The molecule has 0 aliphatic rings. The zero-order chi connectivity index (χ0) is 13.1. The molecule has 0 saturated heterocycles. The van der Waals surface area contributed by atoms with Crippen molar-refractivity contribution in [1.29, 1.82) is 0 Å². The fraction of sp³-hybridized carbons (Fsp3) is 0.231. The molecule has 1 aromatic heterocycles. The van der Waals surface area contributed by atoms with Gasteiger partial charge in [0.25, 0.3) is 0 Å². The van der Waals surface area contributed by atoms with Crippen molar-refractivity contribution >= 4 is 23.2 Å². The van der Waals surface area contributed by atoms with Gasteiger partial charge >= 0.3 is 0 Å².